The number of fused-ring (bicyclic) bond motifs is 1. The molecule has 4 rings (SSSR count). The number of piperidine rings is 1. The van der Waals surface area contributed by atoms with E-state index in [2.05, 4.69) is 10.6 Å². The van der Waals surface area contributed by atoms with Gasteiger partial charge in [-0.15, -0.1) is 0 Å². The lowest BCUT2D eigenvalue weighted by molar-refractivity contribution is -0.121. The van der Waals surface area contributed by atoms with Crippen LogP contribution < -0.4 is 15.4 Å². The summed E-state index contributed by atoms with van der Waals surface area (Å²) in [6, 6.07) is 8.40. The van der Waals surface area contributed by atoms with Crippen molar-refractivity contribution in [3.05, 3.63) is 47.8 Å². The van der Waals surface area contributed by atoms with Gasteiger partial charge in [0.1, 0.15) is 11.6 Å². The van der Waals surface area contributed by atoms with Gasteiger partial charge in [0, 0.05) is 24.8 Å². The highest BCUT2D eigenvalue weighted by Gasteiger charge is 2.35. The first-order valence-corrected chi connectivity index (χ1v) is 11.3. The van der Waals surface area contributed by atoms with Gasteiger partial charge in [0.25, 0.3) is 5.91 Å². The number of nitrogens with zero attached hydrogens (tertiary/aromatic N) is 1. The Balaban J connectivity index is 1.53. The Morgan fingerprint density at radius 2 is 2.00 bits per heavy atom. The number of ether oxygens (including phenoxy) is 1. The third-order valence-corrected chi connectivity index (χ3v) is 7.40. The first-order chi connectivity index (χ1) is 14.7. The summed E-state index contributed by atoms with van der Waals surface area (Å²) in [5.41, 5.74) is 1.36. The number of halogens is 1. The Hall–Kier alpha value is -2.98. The monoisotopic (exact) mass is 447 g/mol. The van der Waals surface area contributed by atoms with E-state index in [1.165, 1.54) is 34.6 Å². The molecule has 0 bridgehead atoms. The molecule has 0 spiro atoms. The first kappa shape index (κ1) is 21.3. The van der Waals surface area contributed by atoms with Gasteiger partial charge in [0.2, 0.25) is 15.9 Å². The normalized spacial score (nSPS) is 19.2. The maximum Gasteiger partial charge on any atom is 0.262 e. The van der Waals surface area contributed by atoms with Gasteiger partial charge in [-0.25, -0.2) is 12.8 Å². The van der Waals surface area contributed by atoms with Gasteiger partial charge in [-0.2, -0.15) is 4.31 Å². The molecule has 10 heteroatoms. The van der Waals surface area contributed by atoms with E-state index >= 15 is 0 Å². The number of aryl methyl sites for hydroxylation is 1. The van der Waals surface area contributed by atoms with Gasteiger partial charge in [0.15, 0.2) is 6.61 Å². The van der Waals surface area contributed by atoms with Crippen LogP contribution in [0.25, 0.3) is 0 Å². The van der Waals surface area contributed by atoms with Crippen LogP contribution in [0.1, 0.15) is 18.4 Å². The second kappa shape index (κ2) is 8.27. The summed E-state index contributed by atoms with van der Waals surface area (Å²) in [5, 5.41) is 5.38. The van der Waals surface area contributed by atoms with Crippen molar-refractivity contribution in [2.75, 3.05) is 30.3 Å². The van der Waals surface area contributed by atoms with Crippen LogP contribution in [0.3, 0.4) is 0 Å². The minimum absolute atomic E-state index is 0.0451. The zero-order chi connectivity index (χ0) is 22.2. The highest BCUT2D eigenvalue weighted by Crippen LogP contribution is 2.35. The zero-order valence-electron chi connectivity index (χ0n) is 16.9. The number of nitrogens with one attached hydrogen (secondary N) is 2. The summed E-state index contributed by atoms with van der Waals surface area (Å²) in [7, 11) is -3.87. The molecule has 2 aliphatic heterocycles. The predicted molar refractivity (Wildman–Crippen MR) is 112 cm³/mol. The molecule has 164 valence electrons. The minimum Gasteiger partial charge on any atom is -0.482 e. The highest BCUT2D eigenvalue weighted by molar-refractivity contribution is 7.89. The predicted octanol–water partition coefficient (Wildman–Crippen LogP) is 2.50. The fourth-order valence-corrected chi connectivity index (χ4v) is 5.53. The van der Waals surface area contributed by atoms with E-state index < -0.39 is 21.8 Å². The van der Waals surface area contributed by atoms with Crippen LogP contribution in [-0.2, 0) is 19.6 Å². The molecule has 0 radical (unpaired) electrons. The molecule has 8 nitrogen and oxygen atoms in total. The Morgan fingerprint density at radius 3 is 2.74 bits per heavy atom. The number of benzene rings is 2. The molecule has 2 amide bonds. The summed E-state index contributed by atoms with van der Waals surface area (Å²) >= 11 is 0. The van der Waals surface area contributed by atoms with Crippen molar-refractivity contribution >= 4 is 33.2 Å². The SMILES string of the molecule is Cc1cc2c(cc1S(=O)(=O)N1CCCC(C(=O)Nc3ccc(F)cc3)C1)OCC(=O)N2. The number of carbonyl (C=O) groups excluding carboxylic acids is 2. The van der Waals surface area contributed by atoms with Crippen LogP contribution in [0.5, 0.6) is 5.75 Å². The van der Waals surface area contributed by atoms with Crippen molar-refractivity contribution in [1.82, 2.24) is 4.31 Å². The van der Waals surface area contributed by atoms with E-state index in [4.69, 9.17) is 4.74 Å². The largest absolute Gasteiger partial charge is 0.482 e. The topological polar surface area (TPSA) is 105 Å². The standard InChI is InChI=1S/C21H22FN3O5S/c1-13-9-17-18(30-12-20(26)24-17)10-19(13)31(28,29)25-8-2-3-14(11-25)21(27)23-16-6-4-15(22)5-7-16/h4-7,9-10,14H,2-3,8,11-12H2,1H3,(H,23,27)(H,24,26). The van der Waals surface area contributed by atoms with Crippen molar-refractivity contribution in [2.24, 2.45) is 5.92 Å². The van der Waals surface area contributed by atoms with Crippen molar-refractivity contribution in [3.63, 3.8) is 0 Å². The quantitative estimate of drug-likeness (QED) is 0.749. The Bertz CT molecular complexity index is 1130. The van der Waals surface area contributed by atoms with Crippen LogP contribution in [0, 0.1) is 18.7 Å². The molecule has 2 aromatic rings. The van der Waals surface area contributed by atoms with Crippen LogP contribution in [-0.4, -0.2) is 44.2 Å². The van der Waals surface area contributed by atoms with E-state index in [9.17, 15) is 22.4 Å². The first-order valence-electron chi connectivity index (χ1n) is 9.88. The average Bonchev–Trinajstić information content (AvgIpc) is 2.74. The third kappa shape index (κ3) is 4.40. The molecule has 0 aromatic heterocycles. The molecule has 1 fully saturated rings. The van der Waals surface area contributed by atoms with E-state index in [-0.39, 0.29) is 29.9 Å². The molecular weight excluding hydrogens is 425 g/mol. The summed E-state index contributed by atoms with van der Waals surface area (Å²) in [6.45, 7) is 1.82. The maximum absolute atomic E-state index is 13.3. The summed E-state index contributed by atoms with van der Waals surface area (Å²) in [5.74, 6) is -1.24. The molecule has 2 aromatic carbocycles. The Labute approximate surface area is 179 Å². The molecule has 2 heterocycles. The molecule has 1 saturated heterocycles. The molecule has 31 heavy (non-hydrogen) atoms. The lowest BCUT2D eigenvalue weighted by Gasteiger charge is -2.32. The van der Waals surface area contributed by atoms with Gasteiger partial charge < -0.3 is 15.4 Å². The molecule has 0 saturated carbocycles. The molecule has 1 unspecified atom stereocenters. The Morgan fingerprint density at radius 1 is 1.26 bits per heavy atom. The maximum atomic E-state index is 13.3. The van der Waals surface area contributed by atoms with Gasteiger partial charge >= 0.3 is 0 Å². The molecule has 2 aliphatic rings. The molecule has 0 aliphatic carbocycles. The van der Waals surface area contributed by atoms with Gasteiger partial charge in [-0.1, -0.05) is 0 Å². The van der Waals surface area contributed by atoms with Crippen molar-refractivity contribution in [3.8, 4) is 5.75 Å². The van der Waals surface area contributed by atoms with Crippen LogP contribution >= 0.6 is 0 Å². The number of anilines is 2. The second-order valence-electron chi connectivity index (χ2n) is 7.65. The Kier molecular flexibility index (Phi) is 5.67. The lowest BCUT2D eigenvalue weighted by Crippen LogP contribution is -2.43. The number of rotatable bonds is 4. The summed E-state index contributed by atoms with van der Waals surface area (Å²) in [6.07, 6.45) is 1.09. The smallest absolute Gasteiger partial charge is 0.262 e. The number of hydrogen-bond acceptors (Lipinski definition) is 5. The third-order valence-electron chi connectivity index (χ3n) is 5.39. The summed E-state index contributed by atoms with van der Waals surface area (Å²) < 4.78 is 46.4. The van der Waals surface area contributed by atoms with Crippen molar-refractivity contribution in [1.29, 1.82) is 0 Å². The average molecular weight is 447 g/mol. The second-order valence-corrected chi connectivity index (χ2v) is 9.56. The van der Waals surface area contributed by atoms with Gasteiger partial charge in [0.05, 0.1) is 16.5 Å². The number of carbonyl (C=O) groups is 2. The van der Waals surface area contributed by atoms with Crippen LogP contribution in [0.4, 0.5) is 15.8 Å². The minimum atomic E-state index is -3.87. The van der Waals surface area contributed by atoms with E-state index in [1.54, 1.807) is 13.0 Å². The van der Waals surface area contributed by atoms with Crippen LogP contribution in [0.15, 0.2) is 41.3 Å². The number of sulfonamides is 1. The van der Waals surface area contributed by atoms with E-state index in [1.807, 2.05) is 0 Å². The number of hydrogen-bond donors (Lipinski definition) is 2. The van der Waals surface area contributed by atoms with E-state index in [0.717, 1.165) is 0 Å². The highest BCUT2D eigenvalue weighted by atomic mass is 32.2. The molecule has 1 atom stereocenters. The molecular formula is C21H22FN3O5S. The number of amides is 2. The molecule has 2 N–H and O–H groups in total. The fraction of sp³-hybridized carbons (Fsp3) is 0.333. The van der Waals surface area contributed by atoms with Crippen molar-refractivity contribution in [2.45, 2.75) is 24.7 Å². The lowest BCUT2D eigenvalue weighted by atomic mass is 9.99. The van der Waals surface area contributed by atoms with Crippen LogP contribution in [0.2, 0.25) is 0 Å². The fourth-order valence-electron chi connectivity index (χ4n) is 3.79. The van der Waals surface area contributed by atoms with E-state index in [0.29, 0.717) is 42.1 Å². The van der Waals surface area contributed by atoms with Gasteiger partial charge in [-0.3, -0.25) is 9.59 Å². The zero-order valence-corrected chi connectivity index (χ0v) is 17.7. The van der Waals surface area contributed by atoms with Crippen molar-refractivity contribution < 1.29 is 27.1 Å². The summed E-state index contributed by atoms with van der Waals surface area (Å²) in [4.78, 5) is 24.2. The van der Waals surface area contributed by atoms with Gasteiger partial charge in [-0.05, 0) is 55.7 Å².